The van der Waals surface area contributed by atoms with Crippen LogP contribution >= 0.6 is 23.1 Å². The van der Waals surface area contributed by atoms with E-state index in [0.29, 0.717) is 32.7 Å². The molecule has 5 rings (SSSR count). The molecule has 0 unspecified atom stereocenters. The number of thioether (sulfide) groups is 1. The maximum Gasteiger partial charge on any atom is 0.264 e. The molecule has 0 radical (unpaired) electrons. The third-order valence-corrected chi connectivity index (χ3v) is 9.17. The number of ketones is 1. The highest BCUT2D eigenvalue weighted by Crippen LogP contribution is 2.46. The first-order valence-electron chi connectivity index (χ1n) is 10.5. The highest BCUT2D eigenvalue weighted by atomic mass is 32.2. The lowest BCUT2D eigenvalue weighted by Gasteiger charge is -2.38. The quantitative estimate of drug-likeness (QED) is 0.727. The van der Waals surface area contributed by atoms with Gasteiger partial charge in [-0.15, -0.1) is 23.1 Å². The lowest BCUT2D eigenvalue weighted by atomic mass is 9.74. The summed E-state index contributed by atoms with van der Waals surface area (Å²) in [7, 11) is 0. The van der Waals surface area contributed by atoms with Gasteiger partial charge in [0.25, 0.3) is 5.91 Å². The number of likely N-dealkylation sites (tertiary alicyclic amines) is 1. The summed E-state index contributed by atoms with van der Waals surface area (Å²) in [6.45, 7) is 2.62. The first-order chi connectivity index (χ1) is 14.6. The van der Waals surface area contributed by atoms with Crippen LogP contribution < -0.4 is 10.5 Å². The van der Waals surface area contributed by atoms with E-state index in [4.69, 9.17) is 10.5 Å². The number of hydrogen-bond acceptors (Lipinski definition) is 6. The van der Waals surface area contributed by atoms with Gasteiger partial charge in [0.1, 0.15) is 5.75 Å². The number of carbonyl (C=O) groups is 2. The Labute approximate surface area is 185 Å². The molecule has 30 heavy (non-hydrogen) atoms. The van der Waals surface area contributed by atoms with Crippen LogP contribution in [0, 0.1) is 0 Å². The van der Waals surface area contributed by atoms with Crippen molar-refractivity contribution in [3.05, 3.63) is 45.3 Å². The summed E-state index contributed by atoms with van der Waals surface area (Å²) >= 11 is 3.09. The Morgan fingerprint density at radius 2 is 2.10 bits per heavy atom. The largest absolute Gasteiger partial charge is 0.492 e. The average molecular weight is 443 g/mol. The second kappa shape index (κ2) is 7.70. The number of benzene rings is 1. The zero-order valence-electron chi connectivity index (χ0n) is 17.2. The second-order valence-electron chi connectivity index (χ2n) is 8.45. The number of fused-ring (bicyclic) bond motifs is 3. The van der Waals surface area contributed by atoms with E-state index in [1.807, 2.05) is 23.3 Å². The smallest absolute Gasteiger partial charge is 0.264 e. The molecule has 3 aliphatic rings. The van der Waals surface area contributed by atoms with Crippen molar-refractivity contribution in [3.8, 4) is 5.75 Å². The maximum absolute atomic E-state index is 13.4. The van der Waals surface area contributed by atoms with E-state index in [2.05, 4.69) is 6.07 Å². The molecule has 0 saturated carbocycles. The van der Waals surface area contributed by atoms with Crippen LogP contribution in [0.4, 0.5) is 0 Å². The van der Waals surface area contributed by atoms with Gasteiger partial charge in [-0.05, 0) is 49.1 Å². The van der Waals surface area contributed by atoms with Crippen molar-refractivity contribution < 1.29 is 14.3 Å². The Hall–Kier alpha value is -1.83. The third kappa shape index (κ3) is 3.10. The van der Waals surface area contributed by atoms with Crippen LogP contribution in [0.25, 0.3) is 0 Å². The molecule has 1 aromatic heterocycles. The number of hydrogen-bond donors (Lipinski definition) is 1. The van der Waals surface area contributed by atoms with Gasteiger partial charge in [0, 0.05) is 42.6 Å². The fourth-order valence-electron chi connectivity index (χ4n) is 5.06. The van der Waals surface area contributed by atoms with E-state index >= 15 is 0 Å². The summed E-state index contributed by atoms with van der Waals surface area (Å²) in [4.78, 5) is 28.6. The van der Waals surface area contributed by atoms with Gasteiger partial charge in [-0.25, -0.2) is 0 Å². The van der Waals surface area contributed by atoms with Gasteiger partial charge >= 0.3 is 0 Å². The molecule has 158 valence electrons. The summed E-state index contributed by atoms with van der Waals surface area (Å²) in [5.74, 6) is 1.25. The van der Waals surface area contributed by atoms with Gasteiger partial charge in [0.05, 0.1) is 15.7 Å². The Kier molecular flexibility index (Phi) is 5.16. The first-order valence-corrected chi connectivity index (χ1v) is 12.6. The minimum Gasteiger partial charge on any atom is -0.492 e. The van der Waals surface area contributed by atoms with Crippen molar-refractivity contribution in [2.24, 2.45) is 5.73 Å². The zero-order valence-corrected chi connectivity index (χ0v) is 18.8. The summed E-state index contributed by atoms with van der Waals surface area (Å²) in [6.07, 6.45) is 6.04. The van der Waals surface area contributed by atoms with Crippen molar-refractivity contribution in [1.82, 2.24) is 4.90 Å². The minimum absolute atomic E-state index is 0.0213. The molecular weight excluding hydrogens is 416 g/mol. The van der Waals surface area contributed by atoms with Gasteiger partial charge in [-0.1, -0.05) is 12.1 Å². The van der Waals surface area contributed by atoms with Gasteiger partial charge in [0.2, 0.25) is 0 Å². The van der Waals surface area contributed by atoms with Crippen LogP contribution in [0.1, 0.15) is 62.4 Å². The standard InChI is InChI=1S/C23H26N2O3S2/c1-29-22-19-15(3-2-4-17(19)26)20(30-22)21(27)25-9-7-23(8-10-25)13-28-18-6-5-14(12-24)11-16(18)23/h5-6,11H,2-4,7-10,12-13,24H2,1H3. The summed E-state index contributed by atoms with van der Waals surface area (Å²) in [6, 6.07) is 6.25. The first kappa shape index (κ1) is 20.1. The molecule has 1 aliphatic carbocycles. The molecule has 2 aromatic rings. The second-order valence-corrected chi connectivity index (χ2v) is 10.5. The molecule has 2 aliphatic heterocycles. The van der Waals surface area contributed by atoms with Gasteiger partial charge in [-0.2, -0.15) is 0 Å². The van der Waals surface area contributed by atoms with Gasteiger partial charge < -0.3 is 15.4 Å². The summed E-state index contributed by atoms with van der Waals surface area (Å²) < 4.78 is 6.99. The van der Waals surface area contributed by atoms with Gasteiger partial charge in [-0.3, -0.25) is 9.59 Å². The van der Waals surface area contributed by atoms with Crippen LogP contribution in [-0.4, -0.2) is 42.5 Å². The van der Waals surface area contributed by atoms with Crippen LogP contribution in [0.3, 0.4) is 0 Å². The number of nitrogens with zero attached hydrogens (tertiary/aromatic N) is 1. The predicted octanol–water partition coefficient (Wildman–Crippen LogP) is 4.01. The van der Waals surface area contributed by atoms with E-state index in [0.717, 1.165) is 57.2 Å². The fourth-order valence-corrected chi connectivity index (χ4v) is 7.16. The van der Waals surface area contributed by atoms with E-state index in [-0.39, 0.29) is 17.1 Å². The molecule has 1 spiro atoms. The lowest BCUT2D eigenvalue weighted by Crippen LogP contribution is -2.46. The Bertz CT molecular complexity index is 1020. The van der Waals surface area contributed by atoms with Crippen LogP contribution in [0.5, 0.6) is 5.75 Å². The van der Waals surface area contributed by atoms with Gasteiger partial charge in [0.15, 0.2) is 5.78 Å². The maximum atomic E-state index is 13.4. The number of carbonyl (C=O) groups excluding carboxylic acids is 2. The molecule has 3 heterocycles. The normalized spacial score (nSPS) is 19.5. The molecule has 1 fully saturated rings. The van der Waals surface area contributed by atoms with Crippen LogP contribution in [-0.2, 0) is 18.4 Å². The number of amides is 1. The molecule has 2 N–H and O–H groups in total. The number of nitrogens with two attached hydrogens (primary N) is 1. The molecule has 7 heteroatoms. The van der Waals surface area contributed by atoms with E-state index in [1.165, 1.54) is 16.9 Å². The SMILES string of the molecule is CSc1sc(C(=O)N2CCC3(CC2)COc2ccc(CN)cc23)c2c1C(=O)CCC2. The fraction of sp³-hybridized carbons (Fsp3) is 0.478. The Morgan fingerprint density at radius 3 is 2.83 bits per heavy atom. The molecule has 0 bridgehead atoms. The van der Waals surface area contributed by atoms with E-state index in [9.17, 15) is 9.59 Å². The molecular formula is C23H26N2O3S2. The average Bonchev–Trinajstić information content (AvgIpc) is 3.33. The van der Waals surface area contributed by atoms with Crippen LogP contribution in [0.15, 0.2) is 22.4 Å². The number of thiophene rings is 1. The van der Waals surface area contributed by atoms with Crippen molar-refractivity contribution >= 4 is 34.8 Å². The summed E-state index contributed by atoms with van der Waals surface area (Å²) in [5.41, 5.74) is 10.0. The highest BCUT2D eigenvalue weighted by molar-refractivity contribution is 8.00. The van der Waals surface area contributed by atoms with Crippen molar-refractivity contribution in [2.45, 2.75) is 48.3 Å². The number of piperidine rings is 1. The molecule has 1 amide bonds. The Balaban J connectivity index is 1.38. The lowest BCUT2D eigenvalue weighted by molar-refractivity contribution is 0.0650. The molecule has 0 atom stereocenters. The van der Waals surface area contributed by atoms with Crippen molar-refractivity contribution in [1.29, 1.82) is 0 Å². The molecule has 1 aromatic carbocycles. The van der Waals surface area contributed by atoms with Crippen molar-refractivity contribution in [2.75, 3.05) is 26.0 Å². The molecule has 1 saturated heterocycles. The number of rotatable bonds is 3. The predicted molar refractivity (Wildman–Crippen MR) is 120 cm³/mol. The Morgan fingerprint density at radius 1 is 1.30 bits per heavy atom. The third-order valence-electron chi connectivity index (χ3n) is 6.83. The van der Waals surface area contributed by atoms with E-state index in [1.54, 1.807) is 11.8 Å². The highest BCUT2D eigenvalue weighted by Gasteiger charge is 2.44. The summed E-state index contributed by atoms with van der Waals surface area (Å²) in [5, 5.41) is 0. The molecule has 5 nitrogen and oxygen atoms in total. The minimum atomic E-state index is -0.0213. The van der Waals surface area contributed by atoms with Crippen molar-refractivity contribution in [3.63, 3.8) is 0 Å². The van der Waals surface area contributed by atoms with E-state index < -0.39 is 0 Å². The van der Waals surface area contributed by atoms with Crippen LogP contribution in [0.2, 0.25) is 0 Å². The monoisotopic (exact) mass is 442 g/mol. The topological polar surface area (TPSA) is 72.6 Å². The number of Topliss-reactive ketones (excluding diaryl/α,β-unsaturated/α-hetero) is 1. The number of ether oxygens (including phenoxy) is 1. The zero-order chi connectivity index (χ0) is 20.9.